The highest BCUT2D eigenvalue weighted by Crippen LogP contribution is 2.10. The van der Waals surface area contributed by atoms with E-state index in [0.717, 1.165) is 23.7 Å². The van der Waals surface area contributed by atoms with Crippen molar-refractivity contribution in [3.8, 4) is 0 Å². The summed E-state index contributed by atoms with van der Waals surface area (Å²) >= 11 is 1.08. The molecule has 0 saturated carbocycles. The SMILES string of the molecule is CSC(=O)CC(=O)c1ccc(CC(C)N)cc1. The molecule has 0 aliphatic rings. The molecule has 4 heteroatoms. The minimum Gasteiger partial charge on any atom is -0.328 e. The predicted octanol–water partition coefficient (Wildman–Crippen LogP) is 2.04. The lowest BCUT2D eigenvalue weighted by Gasteiger charge is -2.05. The van der Waals surface area contributed by atoms with Gasteiger partial charge in [0.05, 0.1) is 6.42 Å². The van der Waals surface area contributed by atoms with Crippen LogP contribution in [0.15, 0.2) is 24.3 Å². The molecule has 0 aromatic heterocycles. The second kappa shape index (κ2) is 6.57. The molecule has 92 valence electrons. The molecule has 0 radical (unpaired) electrons. The Hall–Kier alpha value is -1.13. The topological polar surface area (TPSA) is 60.2 Å². The molecule has 1 unspecified atom stereocenters. The van der Waals surface area contributed by atoms with Crippen LogP contribution in [0.4, 0.5) is 0 Å². The van der Waals surface area contributed by atoms with Gasteiger partial charge in [-0.2, -0.15) is 0 Å². The first-order valence-electron chi connectivity index (χ1n) is 5.47. The van der Waals surface area contributed by atoms with Gasteiger partial charge in [0.1, 0.15) is 0 Å². The van der Waals surface area contributed by atoms with Gasteiger partial charge in [-0.1, -0.05) is 36.0 Å². The molecule has 1 aromatic rings. The van der Waals surface area contributed by atoms with Crippen LogP contribution in [-0.2, 0) is 11.2 Å². The molecule has 0 fully saturated rings. The highest BCUT2D eigenvalue weighted by molar-refractivity contribution is 8.13. The summed E-state index contributed by atoms with van der Waals surface area (Å²) in [5.41, 5.74) is 7.38. The Labute approximate surface area is 106 Å². The third-order valence-corrected chi connectivity index (χ3v) is 2.97. The van der Waals surface area contributed by atoms with Gasteiger partial charge in [-0.15, -0.1) is 0 Å². The van der Waals surface area contributed by atoms with Gasteiger partial charge in [-0.05, 0) is 25.2 Å². The average molecular weight is 251 g/mol. The summed E-state index contributed by atoms with van der Waals surface area (Å²) in [6, 6.07) is 7.40. The summed E-state index contributed by atoms with van der Waals surface area (Å²) in [4.78, 5) is 22.8. The second-order valence-corrected chi connectivity index (χ2v) is 4.92. The van der Waals surface area contributed by atoms with Gasteiger partial charge in [0, 0.05) is 11.6 Å². The van der Waals surface area contributed by atoms with Gasteiger partial charge in [-0.25, -0.2) is 0 Å². The fourth-order valence-electron chi connectivity index (χ4n) is 1.50. The lowest BCUT2D eigenvalue weighted by Crippen LogP contribution is -2.17. The van der Waals surface area contributed by atoms with E-state index in [1.165, 1.54) is 0 Å². The molecule has 1 aromatic carbocycles. The molecule has 0 heterocycles. The van der Waals surface area contributed by atoms with Crippen LogP contribution in [0.1, 0.15) is 29.3 Å². The summed E-state index contributed by atoms with van der Waals surface area (Å²) in [7, 11) is 0. The van der Waals surface area contributed by atoms with Crippen molar-refractivity contribution in [1.29, 1.82) is 0 Å². The van der Waals surface area contributed by atoms with E-state index in [-0.39, 0.29) is 23.4 Å². The van der Waals surface area contributed by atoms with E-state index in [0.29, 0.717) is 5.56 Å². The first-order valence-corrected chi connectivity index (χ1v) is 6.70. The minimum atomic E-state index is -0.128. The van der Waals surface area contributed by atoms with E-state index >= 15 is 0 Å². The van der Waals surface area contributed by atoms with Crippen molar-refractivity contribution in [2.75, 3.05) is 6.26 Å². The fraction of sp³-hybridized carbons (Fsp3) is 0.385. The first kappa shape index (κ1) is 13.9. The van der Waals surface area contributed by atoms with Gasteiger partial charge >= 0.3 is 0 Å². The predicted molar refractivity (Wildman–Crippen MR) is 71.3 cm³/mol. The van der Waals surface area contributed by atoms with Crippen molar-refractivity contribution in [3.05, 3.63) is 35.4 Å². The van der Waals surface area contributed by atoms with Crippen LogP contribution in [-0.4, -0.2) is 23.2 Å². The highest BCUT2D eigenvalue weighted by atomic mass is 32.2. The molecule has 0 amide bonds. The number of carbonyl (C=O) groups is 2. The minimum absolute atomic E-state index is 0.0339. The van der Waals surface area contributed by atoms with Gasteiger partial charge in [-0.3, -0.25) is 9.59 Å². The number of hydrogen-bond donors (Lipinski definition) is 1. The summed E-state index contributed by atoms with van der Waals surface area (Å²) in [5, 5.41) is -0.102. The zero-order valence-corrected chi connectivity index (χ0v) is 10.9. The van der Waals surface area contributed by atoms with Crippen molar-refractivity contribution in [2.24, 2.45) is 5.73 Å². The van der Waals surface area contributed by atoms with E-state index < -0.39 is 0 Å². The lowest BCUT2D eigenvalue weighted by atomic mass is 10.0. The number of rotatable bonds is 5. The van der Waals surface area contributed by atoms with Crippen molar-refractivity contribution in [1.82, 2.24) is 0 Å². The largest absolute Gasteiger partial charge is 0.328 e. The summed E-state index contributed by atoms with van der Waals surface area (Å²) in [6.07, 6.45) is 2.44. The van der Waals surface area contributed by atoms with Gasteiger partial charge in [0.2, 0.25) is 0 Å². The first-order chi connectivity index (χ1) is 8.02. The number of nitrogens with two attached hydrogens (primary N) is 1. The van der Waals surface area contributed by atoms with Crippen molar-refractivity contribution < 1.29 is 9.59 Å². The number of carbonyl (C=O) groups excluding carboxylic acids is 2. The Morgan fingerprint density at radius 1 is 1.29 bits per heavy atom. The molecule has 0 bridgehead atoms. The third kappa shape index (κ3) is 4.71. The molecular formula is C13H17NO2S. The fourth-order valence-corrected chi connectivity index (χ4v) is 1.78. The molecule has 0 aliphatic heterocycles. The zero-order chi connectivity index (χ0) is 12.8. The number of Topliss-reactive ketones (excluding diaryl/α,β-unsaturated/α-hetero) is 1. The van der Waals surface area contributed by atoms with Crippen LogP contribution in [0.2, 0.25) is 0 Å². The van der Waals surface area contributed by atoms with E-state index in [9.17, 15) is 9.59 Å². The second-order valence-electron chi connectivity index (χ2n) is 4.05. The van der Waals surface area contributed by atoms with Crippen LogP contribution < -0.4 is 5.73 Å². The maximum atomic E-state index is 11.7. The van der Waals surface area contributed by atoms with Gasteiger partial charge in [0.25, 0.3) is 0 Å². The van der Waals surface area contributed by atoms with E-state index in [1.54, 1.807) is 18.4 Å². The summed E-state index contributed by atoms with van der Waals surface area (Å²) in [6.45, 7) is 1.94. The lowest BCUT2D eigenvalue weighted by molar-refractivity contribution is -0.110. The summed E-state index contributed by atoms with van der Waals surface area (Å²) in [5.74, 6) is -0.128. The molecule has 0 spiro atoms. The normalized spacial score (nSPS) is 12.2. The Kier molecular flexibility index (Phi) is 5.38. The quantitative estimate of drug-likeness (QED) is 0.642. The van der Waals surface area contributed by atoms with Crippen molar-refractivity contribution in [2.45, 2.75) is 25.8 Å². The Morgan fingerprint density at radius 2 is 1.88 bits per heavy atom. The van der Waals surface area contributed by atoms with Crippen LogP contribution in [0, 0.1) is 0 Å². The number of thioether (sulfide) groups is 1. The number of ketones is 1. The van der Waals surface area contributed by atoms with Gasteiger partial charge in [0.15, 0.2) is 10.9 Å². The maximum absolute atomic E-state index is 11.7. The van der Waals surface area contributed by atoms with Crippen LogP contribution in [0.25, 0.3) is 0 Å². The average Bonchev–Trinajstić information content (AvgIpc) is 2.28. The molecule has 0 saturated heterocycles. The van der Waals surface area contributed by atoms with E-state index in [2.05, 4.69) is 0 Å². The Balaban J connectivity index is 2.67. The zero-order valence-electron chi connectivity index (χ0n) is 10.1. The van der Waals surface area contributed by atoms with E-state index in [4.69, 9.17) is 5.73 Å². The maximum Gasteiger partial charge on any atom is 0.196 e. The van der Waals surface area contributed by atoms with Crippen molar-refractivity contribution >= 4 is 22.7 Å². The molecular weight excluding hydrogens is 234 g/mol. The summed E-state index contributed by atoms with van der Waals surface area (Å²) < 4.78 is 0. The third-order valence-electron chi connectivity index (χ3n) is 2.37. The number of hydrogen-bond acceptors (Lipinski definition) is 4. The highest BCUT2D eigenvalue weighted by Gasteiger charge is 2.10. The van der Waals surface area contributed by atoms with Gasteiger partial charge < -0.3 is 5.73 Å². The molecule has 0 aliphatic carbocycles. The molecule has 1 rings (SSSR count). The number of benzene rings is 1. The van der Waals surface area contributed by atoms with Crippen LogP contribution in [0.5, 0.6) is 0 Å². The van der Waals surface area contributed by atoms with Crippen LogP contribution >= 0.6 is 11.8 Å². The van der Waals surface area contributed by atoms with Crippen molar-refractivity contribution in [3.63, 3.8) is 0 Å². The molecule has 3 nitrogen and oxygen atoms in total. The Morgan fingerprint density at radius 3 is 2.35 bits per heavy atom. The Bertz CT molecular complexity index is 398. The molecule has 17 heavy (non-hydrogen) atoms. The molecule has 2 N–H and O–H groups in total. The smallest absolute Gasteiger partial charge is 0.196 e. The van der Waals surface area contributed by atoms with E-state index in [1.807, 2.05) is 19.1 Å². The standard InChI is InChI=1S/C13H17NO2S/c1-9(14)7-10-3-5-11(6-4-10)12(15)8-13(16)17-2/h3-6,9H,7-8,14H2,1-2H3. The monoisotopic (exact) mass is 251 g/mol. The van der Waals surface area contributed by atoms with Crippen LogP contribution in [0.3, 0.4) is 0 Å². The molecule has 1 atom stereocenters.